The molecule has 1 aliphatic rings. The Bertz CT molecular complexity index is 1440. The van der Waals surface area contributed by atoms with Gasteiger partial charge in [0.1, 0.15) is 11.5 Å². The summed E-state index contributed by atoms with van der Waals surface area (Å²) in [4.78, 5) is 39.3. The quantitative estimate of drug-likeness (QED) is 0.196. The Morgan fingerprint density at radius 1 is 0.857 bits per heavy atom. The monoisotopic (exact) mass is 466 g/mol. The Balaban J connectivity index is 1.61. The standard InChI is InChI=1S/C27H18N2O6/c30-23(18-9-3-1-4-10-18)17-28-21-13-7-8-14-24(21)35-25-16-20(34-19-11-5-2-6-12-19)15-22(29(32)33)26(25)27(28)31/h1-16H,17H2. The number of nitrogens with zero attached hydrogens (tertiary/aromatic N) is 2. The maximum Gasteiger partial charge on any atom is 0.289 e. The summed E-state index contributed by atoms with van der Waals surface area (Å²) in [5.74, 6) is -0.169. The topological polar surface area (TPSA) is 99.0 Å². The lowest BCUT2D eigenvalue weighted by Crippen LogP contribution is -2.35. The zero-order valence-electron chi connectivity index (χ0n) is 18.3. The van der Waals surface area contributed by atoms with Crippen LogP contribution < -0.4 is 14.4 Å². The van der Waals surface area contributed by atoms with Gasteiger partial charge in [0.25, 0.3) is 11.6 Å². The molecule has 1 amide bonds. The second kappa shape index (κ2) is 9.11. The Labute approximate surface area is 200 Å². The Hall–Kier alpha value is -4.98. The van der Waals surface area contributed by atoms with Gasteiger partial charge in [0.2, 0.25) is 0 Å². The van der Waals surface area contributed by atoms with Gasteiger partial charge in [0, 0.05) is 11.6 Å². The van der Waals surface area contributed by atoms with E-state index in [2.05, 4.69) is 0 Å². The van der Waals surface area contributed by atoms with Gasteiger partial charge < -0.3 is 9.47 Å². The minimum Gasteiger partial charge on any atom is -0.457 e. The van der Waals surface area contributed by atoms with Crippen molar-refractivity contribution in [2.24, 2.45) is 0 Å². The Kier molecular flexibility index (Phi) is 5.68. The van der Waals surface area contributed by atoms with E-state index in [-0.39, 0.29) is 35.1 Å². The minimum atomic E-state index is -0.716. The van der Waals surface area contributed by atoms with E-state index in [1.165, 1.54) is 17.0 Å². The molecule has 0 saturated carbocycles. The summed E-state index contributed by atoms with van der Waals surface area (Å²) in [6, 6.07) is 26.6. The molecule has 0 fully saturated rings. The van der Waals surface area contributed by atoms with Crippen molar-refractivity contribution >= 4 is 23.1 Å². The maximum absolute atomic E-state index is 13.7. The van der Waals surface area contributed by atoms with Crippen LogP contribution in [0.4, 0.5) is 11.4 Å². The van der Waals surface area contributed by atoms with E-state index >= 15 is 0 Å². The first kappa shape index (κ1) is 21.8. The molecule has 0 spiro atoms. The van der Waals surface area contributed by atoms with Crippen LogP contribution in [-0.4, -0.2) is 23.2 Å². The van der Waals surface area contributed by atoms with Gasteiger partial charge in [-0.15, -0.1) is 0 Å². The van der Waals surface area contributed by atoms with Crippen LogP contribution in [-0.2, 0) is 0 Å². The lowest BCUT2D eigenvalue weighted by Gasteiger charge is -2.21. The lowest BCUT2D eigenvalue weighted by molar-refractivity contribution is -0.385. The van der Waals surface area contributed by atoms with Gasteiger partial charge in [-0.25, -0.2) is 0 Å². The number of anilines is 1. The van der Waals surface area contributed by atoms with Gasteiger partial charge in [-0.2, -0.15) is 0 Å². The van der Waals surface area contributed by atoms with Crippen LogP contribution in [0.2, 0.25) is 0 Å². The number of rotatable bonds is 6. The summed E-state index contributed by atoms with van der Waals surface area (Å²) < 4.78 is 11.8. The number of para-hydroxylation sites is 3. The van der Waals surface area contributed by atoms with Crippen LogP contribution in [0.15, 0.2) is 97.1 Å². The first-order valence-electron chi connectivity index (χ1n) is 10.7. The van der Waals surface area contributed by atoms with E-state index in [0.29, 0.717) is 17.0 Å². The zero-order chi connectivity index (χ0) is 24.4. The first-order chi connectivity index (χ1) is 17.0. The molecule has 0 N–H and O–H groups in total. The third kappa shape index (κ3) is 4.32. The second-order valence-electron chi connectivity index (χ2n) is 7.74. The molecule has 4 aromatic rings. The summed E-state index contributed by atoms with van der Waals surface area (Å²) in [6.07, 6.45) is 0. The summed E-state index contributed by atoms with van der Waals surface area (Å²) in [6.45, 7) is -0.317. The molecule has 0 aliphatic carbocycles. The van der Waals surface area contributed by atoms with Gasteiger partial charge in [-0.3, -0.25) is 24.6 Å². The number of hydrogen-bond acceptors (Lipinski definition) is 6. The summed E-state index contributed by atoms with van der Waals surface area (Å²) in [5, 5.41) is 12.0. The number of nitro groups is 1. The summed E-state index contributed by atoms with van der Waals surface area (Å²) in [5.41, 5.74) is 0.0120. The number of hydrogen-bond donors (Lipinski definition) is 0. The van der Waals surface area contributed by atoms with Crippen LogP contribution in [0, 0.1) is 10.1 Å². The largest absolute Gasteiger partial charge is 0.457 e. The SMILES string of the molecule is O=C(CN1C(=O)c2c(cc(Oc3ccccc3)cc2[N+](=O)[O-])Oc2ccccc21)c1ccccc1. The number of benzene rings is 4. The predicted molar refractivity (Wildman–Crippen MR) is 129 cm³/mol. The number of Topliss-reactive ketones (excluding diaryl/α,β-unsaturated/α-hetero) is 1. The molecule has 8 nitrogen and oxygen atoms in total. The lowest BCUT2D eigenvalue weighted by atomic mass is 10.1. The van der Waals surface area contributed by atoms with Crippen LogP contribution >= 0.6 is 0 Å². The number of nitro benzene ring substituents is 1. The number of ketones is 1. The number of carbonyl (C=O) groups excluding carboxylic acids is 2. The molecule has 0 bridgehead atoms. The van der Waals surface area contributed by atoms with E-state index in [9.17, 15) is 19.7 Å². The highest BCUT2D eigenvalue weighted by Gasteiger charge is 2.36. The Morgan fingerprint density at radius 2 is 1.51 bits per heavy atom. The maximum atomic E-state index is 13.7. The van der Waals surface area contributed by atoms with Crippen molar-refractivity contribution in [3.63, 3.8) is 0 Å². The van der Waals surface area contributed by atoms with Crippen LogP contribution in [0.1, 0.15) is 20.7 Å². The van der Waals surface area contributed by atoms with Crippen LogP contribution in [0.25, 0.3) is 0 Å². The molecule has 35 heavy (non-hydrogen) atoms. The van der Waals surface area contributed by atoms with Gasteiger partial charge in [-0.1, -0.05) is 60.7 Å². The molecule has 0 atom stereocenters. The first-order valence-corrected chi connectivity index (χ1v) is 10.7. The average Bonchev–Trinajstić information content (AvgIpc) is 2.99. The normalized spacial score (nSPS) is 12.1. The van der Waals surface area contributed by atoms with E-state index in [0.717, 1.165) is 0 Å². The molecule has 0 unspecified atom stereocenters. The van der Waals surface area contributed by atoms with Gasteiger partial charge in [-0.05, 0) is 24.3 Å². The van der Waals surface area contributed by atoms with E-state index in [1.807, 2.05) is 6.07 Å². The molecule has 5 rings (SSSR count). The number of ether oxygens (including phenoxy) is 2. The van der Waals surface area contributed by atoms with Crippen LogP contribution in [0.3, 0.4) is 0 Å². The van der Waals surface area contributed by atoms with Crippen molar-refractivity contribution in [3.05, 3.63) is 118 Å². The molecule has 1 aliphatic heterocycles. The van der Waals surface area contributed by atoms with E-state index < -0.39 is 16.5 Å². The fourth-order valence-electron chi connectivity index (χ4n) is 3.84. The van der Waals surface area contributed by atoms with Gasteiger partial charge in [0.05, 0.1) is 23.2 Å². The van der Waals surface area contributed by atoms with Gasteiger partial charge in [0.15, 0.2) is 22.8 Å². The molecule has 0 saturated heterocycles. The highest BCUT2D eigenvalue weighted by Crippen LogP contribution is 2.44. The molecular weight excluding hydrogens is 448 g/mol. The zero-order valence-corrected chi connectivity index (χ0v) is 18.3. The number of amides is 1. The minimum absolute atomic E-state index is 0.0303. The van der Waals surface area contributed by atoms with Crippen molar-refractivity contribution in [1.29, 1.82) is 0 Å². The second-order valence-corrected chi connectivity index (χ2v) is 7.74. The highest BCUT2D eigenvalue weighted by molar-refractivity contribution is 6.15. The van der Waals surface area contributed by atoms with Crippen molar-refractivity contribution in [2.75, 3.05) is 11.4 Å². The van der Waals surface area contributed by atoms with Crippen molar-refractivity contribution in [1.82, 2.24) is 0 Å². The third-order valence-electron chi connectivity index (χ3n) is 5.46. The molecular formula is C27H18N2O6. The van der Waals surface area contributed by atoms with Crippen molar-refractivity contribution < 1.29 is 24.0 Å². The molecule has 172 valence electrons. The fourth-order valence-corrected chi connectivity index (χ4v) is 3.84. The smallest absolute Gasteiger partial charge is 0.289 e. The average molecular weight is 466 g/mol. The van der Waals surface area contributed by atoms with Crippen LogP contribution in [0.5, 0.6) is 23.0 Å². The molecule has 8 heteroatoms. The summed E-state index contributed by atoms with van der Waals surface area (Å²) in [7, 11) is 0. The fraction of sp³-hybridized carbons (Fsp3) is 0.0370. The molecule has 0 radical (unpaired) electrons. The van der Waals surface area contributed by atoms with Crippen molar-refractivity contribution in [3.8, 4) is 23.0 Å². The van der Waals surface area contributed by atoms with E-state index in [1.54, 1.807) is 78.9 Å². The molecule has 1 heterocycles. The molecule has 0 aromatic heterocycles. The predicted octanol–water partition coefficient (Wildman–Crippen LogP) is 6.02. The Morgan fingerprint density at radius 3 is 2.23 bits per heavy atom. The van der Waals surface area contributed by atoms with E-state index in [4.69, 9.17) is 9.47 Å². The van der Waals surface area contributed by atoms with Crippen molar-refractivity contribution in [2.45, 2.75) is 0 Å². The highest BCUT2D eigenvalue weighted by atomic mass is 16.6. The summed E-state index contributed by atoms with van der Waals surface area (Å²) >= 11 is 0. The number of carbonyl (C=O) groups is 2. The number of fused-ring (bicyclic) bond motifs is 2. The third-order valence-corrected chi connectivity index (χ3v) is 5.46. The van der Waals surface area contributed by atoms with Gasteiger partial charge >= 0.3 is 0 Å². The molecule has 4 aromatic carbocycles.